The summed E-state index contributed by atoms with van der Waals surface area (Å²) >= 11 is 8.33. The smallest absolute Gasteiger partial charge is 0.308 e. The van der Waals surface area contributed by atoms with Crippen molar-refractivity contribution in [3.05, 3.63) is 47.5 Å². The maximum Gasteiger partial charge on any atom is 0.325 e. The van der Waals surface area contributed by atoms with Crippen LogP contribution in [0.2, 0.25) is 5.02 Å². The van der Waals surface area contributed by atoms with Crippen molar-refractivity contribution in [3.63, 3.8) is 0 Å². The SMILES string of the molecule is N#CSc1cc(Cl)cc2sc(NC(=O)Nc3ccccc3)nc12. The van der Waals surface area contributed by atoms with Crippen LogP contribution in [-0.2, 0) is 0 Å². The topological polar surface area (TPSA) is 77.8 Å². The van der Waals surface area contributed by atoms with Crippen molar-refractivity contribution in [1.82, 2.24) is 4.98 Å². The molecule has 0 radical (unpaired) electrons. The van der Waals surface area contributed by atoms with Gasteiger partial charge in [-0.3, -0.25) is 5.32 Å². The zero-order valence-corrected chi connectivity index (χ0v) is 13.9. The van der Waals surface area contributed by atoms with E-state index in [2.05, 4.69) is 15.6 Å². The Bertz CT molecular complexity index is 905. The maximum absolute atomic E-state index is 12.0. The second-order valence-electron chi connectivity index (χ2n) is 4.41. The van der Waals surface area contributed by atoms with E-state index in [0.717, 1.165) is 16.5 Å². The van der Waals surface area contributed by atoms with Gasteiger partial charge >= 0.3 is 6.03 Å². The van der Waals surface area contributed by atoms with Crippen molar-refractivity contribution in [2.45, 2.75) is 4.90 Å². The van der Waals surface area contributed by atoms with Crippen molar-refractivity contribution in [1.29, 1.82) is 5.26 Å². The van der Waals surface area contributed by atoms with Gasteiger partial charge in [0.25, 0.3) is 0 Å². The number of halogens is 1. The number of nitrogens with zero attached hydrogens (tertiary/aromatic N) is 2. The Hall–Kier alpha value is -2.27. The second-order valence-corrected chi connectivity index (χ2v) is 6.70. The summed E-state index contributed by atoms with van der Waals surface area (Å²) in [5, 5.41) is 17.2. The molecule has 3 aromatic rings. The van der Waals surface area contributed by atoms with Crippen LogP contribution in [0.15, 0.2) is 47.4 Å². The second kappa shape index (κ2) is 6.87. The minimum atomic E-state index is -0.379. The lowest BCUT2D eigenvalue weighted by atomic mass is 10.3. The van der Waals surface area contributed by atoms with E-state index in [4.69, 9.17) is 16.9 Å². The molecule has 5 nitrogen and oxygen atoms in total. The van der Waals surface area contributed by atoms with Crippen LogP contribution in [0.1, 0.15) is 0 Å². The number of fused-ring (bicyclic) bond motifs is 1. The quantitative estimate of drug-likeness (QED) is 0.499. The van der Waals surface area contributed by atoms with E-state index in [0.29, 0.717) is 26.3 Å². The zero-order valence-electron chi connectivity index (χ0n) is 11.5. The molecular formula is C15H9ClN4OS2. The molecule has 0 saturated heterocycles. The van der Waals surface area contributed by atoms with Gasteiger partial charge in [0, 0.05) is 10.7 Å². The van der Waals surface area contributed by atoms with Crippen LogP contribution in [-0.4, -0.2) is 11.0 Å². The number of benzene rings is 2. The molecule has 2 N–H and O–H groups in total. The largest absolute Gasteiger partial charge is 0.325 e. The van der Waals surface area contributed by atoms with Crippen LogP contribution < -0.4 is 10.6 Å². The predicted molar refractivity (Wildman–Crippen MR) is 95.2 cm³/mol. The third-order valence-electron chi connectivity index (χ3n) is 2.83. The van der Waals surface area contributed by atoms with Gasteiger partial charge in [-0.1, -0.05) is 41.1 Å². The van der Waals surface area contributed by atoms with Crippen LogP contribution in [0.4, 0.5) is 15.6 Å². The van der Waals surface area contributed by atoms with E-state index in [-0.39, 0.29) is 6.03 Å². The summed E-state index contributed by atoms with van der Waals surface area (Å²) in [6.07, 6.45) is 0. The Balaban J connectivity index is 1.82. The van der Waals surface area contributed by atoms with Gasteiger partial charge in [-0.05, 0) is 36.0 Å². The van der Waals surface area contributed by atoms with E-state index in [1.54, 1.807) is 24.3 Å². The number of hydrogen-bond acceptors (Lipinski definition) is 5. The highest BCUT2D eigenvalue weighted by Gasteiger charge is 2.12. The van der Waals surface area contributed by atoms with Crippen LogP contribution >= 0.6 is 34.7 Å². The molecule has 0 aliphatic heterocycles. The van der Waals surface area contributed by atoms with E-state index < -0.39 is 0 Å². The summed E-state index contributed by atoms with van der Waals surface area (Å²) in [7, 11) is 0. The lowest BCUT2D eigenvalue weighted by Gasteiger charge is -2.04. The van der Waals surface area contributed by atoms with Crippen LogP contribution in [0, 0.1) is 10.7 Å². The first-order chi connectivity index (χ1) is 11.2. The molecule has 3 rings (SSSR count). The Morgan fingerprint density at radius 2 is 2.04 bits per heavy atom. The molecule has 0 unspecified atom stereocenters. The number of rotatable bonds is 3. The predicted octanol–water partition coefficient (Wildman–Crippen LogP) is 5.17. The summed E-state index contributed by atoms with van der Waals surface area (Å²) in [6, 6.07) is 12.2. The zero-order chi connectivity index (χ0) is 16.2. The molecule has 0 aliphatic rings. The first kappa shape index (κ1) is 15.6. The number of thiocyanates is 1. The maximum atomic E-state index is 12.0. The molecule has 1 aromatic heterocycles. The number of nitriles is 1. The number of para-hydroxylation sites is 1. The number of thioether (sulfide) groups is 1. The third-order valence-corrected chi connectivity index (χ3v) is 4.59. The number of amides is 2. The minimum Gasteiger partial charge on any atom is -0.308 e. The average Bonchev–Trinajstić information content (AvgIpc) is 2.90. The number of nitrogens with one attached hydrogen (secondary N) is 2. The first-order valence-electron chi connectivity index (χ1n) is 6.45. The number of carbonyl (C=O) groups is 1. The summed E-state index contributed by atoms with van der Waals surface area (Å²) in [5.74, 6) is 0. The standard InChI is InChI=1S/C15H9ClN4OS2/c16-9-6-11(22-8-17)13-12(7-9)23-15(19-13)20-14(21)18-10-4-2-1-3-5-10/h1-7H,(H2,18,19,20,21). The fourth-order valence-corrected chi connectivity index (χ4v) is 3.80. The molecule has 2 aromatic carbocycles. The van der Waals surface area contributed by atoms with Crippen molar-refractivity contribution in [3.8, 4) is 5.40 Å². The van der Waals surface area contributed by atoms with E-state index in [1.165, 1.54) is 11.3 Å². The highest BCUT2D eigenvalue weighted by atomic mass is 35.5. The molecule has 0 spiro atoms. The highest BCUT2D eigenvalue weighted by Crippen LogP contribution is 2.35. The molecule has 0 atom stereocenters. The van der Waals surface area contributed by atoms with E-state index in [1.807, 2.05) is 23.6 Å². The van der Waals surface area contributed by atoms with Gasteiger partial charge in [0.1, 0.15) is 5.40 Å². The van der Waals surface area contributed by atoms with E-state index >= 15 is 0 Å². The van der Waals surface area contributed by atoms with Crippen molar-refractivity contribution < 1.29 is 4.79 Å². The number of carbonyl (C=O) groups excluding carboxylic acids is 1. The van der Waals surface area contributed by atoms with Gasteiger partial charge in [0.2, 0.25) is 0 Å². The van der Waals surface area contributed by atoms with Gasteiger partial charge in [0.05, 0.1) is 15.1 Å². The molecule has 0 saturated carbocycles. The lowest BCUT2D eigenvalue weighted by Crippen LogP contribution is -2.19. The number of aromatic nitrogens is 1. The van der Waals surface area contributed by atoms with Gasteiger partial charge in [-0.25, -0.2) is 9.78 Å². The Morgan fingerprint density at radius 1 is 1.26 bits per heavy atom. The van der Waals surface area contributed by atoms with Gasteiger partial charge in [-0.15, -0.1) is 0 Å². The fourth-order valence-electron chi connectivity index (χ4n) is 1.93. The molecule has 23 heavy (non-hydrogen) atoms. The Kier molecular flexibility index (Phi) is 4.67. The number of urea groups is 1. The molecule has 0 aliphatic carbocycles. The normalized spacial score (nSPS) is 10.3. The highest BCUT2D eigenvalue weighted by molar-refractivity contribution is 8.04. The number of thiazole rings is 1. The Labute approximate surface area is 145 Å². The monoisotopic (exact) mass is 360 g/mol. The molecule has 0 fully saturated rings. The molecule has 1 heterocycles. The summed E-state index contributed by atoms with van der Waals surface area (Å²) in [4.78, 5) is 17.0. The Morgan fingerprint density at radius 3 is 2.78 bits per heavy atom. The van der Waals surface area contributed by atoms with Crippen molar-refractivity contribution in [2.75, 3.05) is 10.6 Å². The fraction of sp³-hybridized carbons (Fsp3) is 0. The van der Waals surface area contributed by atoms with Crippen molar-refractivity contribution >= 4 is 61.8 Å². The van der Waals surface area contributed by atoms with Crippen LogP contribution in [0.25, 0.3) is 10.2 Å². The van der Waals surface area contributed by atoms with Gasteiger partial charge in [0.15, 0.2) is 5.13 Å². The summed E-state index contributed by atoms with van der Waals surface area (Å²) < 4.78 is 0.810. The van der Waals surface area contributed by atoms with E-state index in [9.17, 15) is 4.79 Å². The molecule has 8 heteroatoms. The van der Waals surface area contributed by atoms with Crippen molar-refractivity contribution in [2.24, 2.45) is 0 Å². The molecule has 114 valence electrons. The van der Waals surface area contributed by atoms with Crippen LogP contribution in [0.3, 0.4) is 0 Å². The average molecular weight is 361 g/mol. The van der Waals surface area contributed by atoms with Gasteiger partial charge < -0.3 is 5.32 Å². The first-order valence-corrected chi connectivity index (χ1v) is 8.46. The number of anilines is 2. The summed E-state index contributed by atoms with van der Waals surface area (Å²) in [6.45, 7) is 0. The lowest BCUT2D eigenvalue weighted by molar-refractivity contribution is 0.262. The molecular weight excluding hydrogens is 352 g/mol. The number of hydrogen-bond donors (Lipinski definition) is 2. The minimum absolute atomic E-state index is 0.379. The third kappa shape index (κ3) is 3.74. The van der Waals surface area contributed by atoms with Gasteiger partial charge in [-0.2, -0.15) is 5.26 Å². The van der Waals surface area contributed by atoms with Crippen LogP contribution in [0.5, 0.6) is 0 Å². The molecule has 2 amide bonds. The summed E-state index contributed by atoms with van der Waals surface area (Å²) in [5.41, 5.74) is 1.34. The molecule has 0 bridgehead atoms.